The lowest BCUT2D eigenvalue weighted by atomic mass is 10.1. The molecule has 9 nitrogen and oxygen atoms in total. The van der Waals surface area contributed by atoms with Gasteiger partial charge in [-0.3, -0.25) is 29.0 Å². The molecule has 0 fully saturated rings. The van der Waals surface area contributed by atoms with Crippen molar-refractivity contribution >= 4 is 31.9 Å². The predicted octanol–water partition coefficient (Wildman–Crippen LogP) is 3.05. The Labute approximate surface area is 184 Å². The number of amides is 4. The van der Waals surface area contributed by atoms with Crippen LogP contribution in [0.15, 0.2) is 48.5 Å². The second kappa shape index (κ2) is 9.48. The summed E-state index contributed by atoms with van der Waals surface area (Å²) in [5.74, 6) is -1.39. The van der Waals surface area contributed by atoms with Gasteiger partial charge >= 0.3 is 8.25 Å². The van der Waals surface area contributed by atoms with E-state index in [1.54, 1.807) is 48.5 Å². The third-order valence-electron chi connectivity index (χ3n) is 5.20. The Morgan fingerprint density at radius 3 is 1.22 bits per heavy atom. The molecule has 2 heterocycles. The van der Waals surface area contributed by atoms with Crippen LogP contribution >= 0.6 is 8.25 Å². The van der Waals surface area contributed by atoms with E-state index < -0.39 is 8.25 Å². The van der Waals surface area contributed by atoms with E-state index in [1.807, 2.05) is 0 Å². The first-order valence-electron chi connectivity index (χ1n) is 10.1. The third kappa shape index (κ3) is 4.23. The summed E-state index contributed by atoms with van der Waals surface area (Å²) in [6, 6.07) is 13.2. The van der Waals surface area contributed by atoms with Gasteiger partial charge in [0.05, 0.1) is 22.3 Å². The summed E-state index contributed by atoms with van der Waals surface area (Å²) in [6.45, 7) is 0.382. The first-order chi connectivity index (χ1) is 15.5. The number of carbonyl (C=O) groups excluding carboxylic acids is 4. The van der Waals surface area contributed by atoms with E-state index in [9.17, 15) is 23.7 Å². The SMILES string of the molecule is O=C1c2ccccc2C(=O)N1CCCO[P+](=O)OCCCN1C(=O)c2ccccc2C1=O. The Hall–Kier alpha value is -3.26. The largest absolute Gasteiger partial charge is 0.697 e. The fourth-order valence-electron chi connectivity index (χ4n) is 3.65. The minimum Gasteiger partial charge on any atom is -0.274 e. The van der Waals surface area contributed by atoms with Crippen LogP contribution in [0.4, 0.5) is 0 Å². The number of hydrogen-bond acceptors (Lipinski definition) is 7. The Balaban J connectivity index is 1.13. The quantitative estimate of drug-likeness (QED) is 0.308. The highest BCUT2D eigenvalue weighted by Crippen LogP contribution is 2.26. The van der Waals surface area contributed by atoms with E-state index in [0.717, 1.165) is 9.80 Å². The summed E-state index contributed by atoms with van der Waals surface area (Å²) < 4.78 is 22.1. The smallest absolute Gasteiger partial charge is 0.274 e. The molecule has 2 aromatic rings. The van der Waals surface area contributed by atoms with Crippen LogP contribution in [0, 0.1) is 0 Å². The Morgan fingerprint density at radius 1 is 0.594 bits per heavy atom. The number of hydrogen-bond donors (Lipinski definition) is 0. The van der Waals surface area contributed by atoms with Crippen molar-refractivity contribution in [3.05, 3.63) is 70.8 Å². The fraction of sp³-hybridized carbons (Fsp3) is 0.273. The molecule has 10 heteroatoms. The summed E-state index contributed by atoms with van der Waals surface area (Å²) in [7, 11) is -2.39. The maximum atomic E-state index is 12.3. The molecule has 4 amide bonds. The Morgan fingerprint density at radius 2 is 0.906 bits per heavy atom. The molecule has 0 spiro atoms. The van der Waals surface area contributed by atoms with E-state index in [2.05, 4.69) is 0 Å². The molecule has 0 radical (unpaired) electrons. The molecule has 0 bridgehead atoms. The normalized spacial score (nSPS) is 14.9. The first kappa shape index (κ1) is 22.0. The first-order valence-corrected chi connectivity index (χ1v) is 11.2. The number of imide groups is 2. The average molecular weight is 455 g/mol. The molecule has 0 N–H and O–H groups in total. The van der Waals surface area contributed by atoms with Crippen molar-refractivity contribution in [3.63, 3.8) is 0 Å². The highest BCUT2D eigenvalue weighted by Gasteiger charge is 2.36. The second-order valence-electron chi connectivity index (χ2n) is 7.21. The lowest BCUT2D eigenvalue weighted by molar-refractivity contribution is 0.0634. The number of fused-ring (bicyclic) bond motifs is 2. The van der Waals surface area contributed by atoms with Crippen molar-refractivity contribution in [2.24, 2.45) is 0 Å². The second-order valence-corrected chi connectivity index (χ2v) is 8.18. The molecule has 0 saturated carbocycles. The van der Waals surface area contributed by atoms with Crippen LogP contribution in [0.25, 0.3) is 0 Å². The minimum absolute atomic E-state index is 0.0427. The van der Waals surface area contributed by atoms with Gasteiger partial charge in [-0.15, -0.1) is 9.05 Å². The van der Waals surface area contributed by atoms with Crippen molar-refractivity contribution < 1.29 is 32.8 Å². The topological polar surface area (TPSA) is 110 Å². The number of rotatable bonds is 10. The number of carbonyl (C=O) groups is 4. The number of benzene rings is 2. The summed E-state index contributed by atoms with van der Waals surface area (Å²) >= 11 is 0. The minimum atomic E-state index is -2.39. The van der Waals surface area contributed by atoms with Crippen LogP contribution in [0.2, 0.25) is 0 Å². The van der Waals surface area contributed by atoms with Crippen molar-refractivity contribution in [1.82, 2.24) is 9.80 Å². The summed E-state index contributed by atoms with van der Waals surface area (Å²) in [6.07, 6.45) is 0.621. The van der Waals surface area contributed by atoms with Crippen LogP contribution in [0.5, 0.6) is 0 Å². The summed E-state index contributed by atoms with van der Waals surface area (Å²) in [5.41, 5.74) is 1.52. The molecule has 2 aliphatic rings. The average Bonchev–Trinajstić information content (AvgIpc) is 3.20. The maximum Gasteiger partial charge on any atom is 0.697 e. The molecule has 164 valence electrons. The molecule has 2 aliphatic heterocycles. The monoisotopic (exact) mass is 455 g/mol. The van der Waals surface area contributed by atoms with Crippen LogP contribution in [0.1, 0.15) is 54.3 Å². The van der Waals surface area contributed by atoms with Gasteiger partial charge in [-0.2, -0.15) is 0 Å². The highest BCUT2D eigenvalue weighted by molar-refractivity contribution is 7.33. The van der Waals surface area contributed by atoms with Crippen molar-refractivity contribution in [2.45, 2.75) is 12.8 Å². The molecular weight excluding hydrogens is 435 g/mol. The molecule has 32 heavy (non-hydrogen) atoms. The van der Waals surface area contributed by atoms with Crippen LogP contribution < -0.4 is 0 Å². The predicted molar refractivity (Wildman–Crippen MR) is 112 cm³/mol. The van der Waals surface area contributed by atoms with Gasteiger partial charge in [0.2, 0.25) is 0 Å². The number of nitrogens with zero attached hydrogens (tertiary/aromatic N) is 2. The summed E-state index contributed by atoms with van der Waals surface area (Å²) in [4.78, 5) is 51.4. The van der Waals surface area contributed by atoms with Crippen molar-refractivity contribution in [2.75, 3.05) is 26.3 Å². The van der Waals surface area contributed by atoms with Gasteiger partial charge in [0, 0.05) is 17.7 Å². The van der Waals surface area contributed by atoms with Gasteiger partial charge in [-0.1, -0.05) is 24.3 Å². The fourth-order valence-corrected chi connectivity index (χ4v) is 4.28. The standard InChI is InChI=1S/C22H20N2O7P/c25-19-15-7-1-2-8-16(15)20(26)23(19)11-5-13-30-32(29)31-14-6-12-24-21(27)17-9-3-4-10-18(17)22(24)28/h1-4,7-10H,5-6,11-14H2/q+1. The molecular formula is C22H20N2O7P+. The van der Waals surface area contributed by atoms with Gasteiger partial charge in [0.25, 0.3) is 23.6 Å². The van der Waals surface area contributed by atoms with Gasteiger partial charge in [-0.05, 0) is 37.1 Å². The van der Waals surface area contributed by atoms with E-state index >= 15 is 0 Å². The van der Waals surface area contributed by atoms with Gasteiger partial charge in [0.1, 0.15) is 13.2 Å². The highest BCUT2D eigenvalue weighted by atomic mass is 31.1. The van der Waals surface area contributed by atoms with Crippen LogP contribution in [-0.2, 0) is 13.6 Å². The Bertz CT molecular complexity index is 961. The lowest BCUT2D eigenvalue weighted by Crippen LogP contribution is -2.31. The zero-order chi connectivity index (χ0) is 22.7. The zero-order valence-corrected chi connectivity index (χ0v) is 18.0. The van der Waals surface area contributed by atoms with Crippen LogP contribution in [0.3, 0.4) is 0 Å². The molecule has 0 atom stereocenters. The molecule has 0 aromatic heterocycles. The van der Waals surface area contributed by atoms with Crippen LogP contribution in [-0.4, -0.2) is 59.7 Å². The maximum absolute atomic E-state index is 12.3. The Kier molecular flexibility index (Phi) is 6.50. The molecule has 4 rings (SSSR count). The summed E-state index contributed by atoms with van der Waals surface area (Å²) in [5, 5.41) is 0. The van der Waals surface area contributed by atoms with E-state index in [0.29, 0.717) is 35.1 Å². The van der Waals surface area contributed by atoms with E-state index in [4.69, 9.17) is 9.05 Å². The van der Waals surface area contributed by atoms with Gasteiger partial charge in [-0.25, -0.2) is 0 Å². The molecule has 0 saturated heterocycles. The lowest BCUT2D eigenvalue weighted by Gasteiger charge is -2.12. The molecule has 0 aliphatic carbocycles. The van der Waals surface area contributed by atoms with Gasteiger partial charge < -0.3 is 0 Å². The van der Waals surface area contributed by atoms with E-state index in [1.165, 1.54) is 0 Å². The molecule has 2 aromatic carbocycles. The van der Waals surface area contributed by atoms with E-state index in [-0.39, 0.29) is 49.9 Å². The van der Waals surface area contributed by atoms with Gasteiger partial charge in [0.15, 0.2) is 0 Å². The third-order valence-corrected chi connectivity index (χ3v) is 5.99. The zero-order valence-electron chi connectivity index (χ0n) is 17.1. The van der Waals surface area contributed by atoms with Crippen molar-refractivity contribution in [3.8, 4) is 0 Å². The van der Waals surface area contributed by atoms with Crippen molar-refractivity contribution in [1.29, 1.82) is 0 Å². The molecule has 0 unspecified atom stereocenters.